The Morgan fingerprint density at radius 1 is 1.07 bits per heavy atom. The molecular formula is C26H29F2HfP. The Kier molecular flexibility index (Phi) is 9.57. The van der Waals surface area contributed by atoms with Crippen LogP contribution in [-0.2, 0) is 22.9 Å². The van der Waals surface area contributed by atoms with E-state index in [4.69, 9.17) is 0 Å². The summed E-state index contributed by atoms with van der Waals surface area (Å²) in [4.78, 5) is 0. The van der Waals surface area contributed by atoms with Crippen LogP contribution in [0.3, 0.4) is 0 Å². The first-order chi connectivity index (χ1) is 13.7. The van der Waals surface area contributed by atoms with Crippen LogP contribution in [0.4, 0.5) is 0 Å². The average molecular weight is 589 g/mol. The van der Waals surface area contributed by atoms with Gasteiger partial charge in [0, 0.05) is 0 Å². The molecule has 0 amide bonds. The van der Waals surface area contributed by atoms with Gasteiger partial charge in [0.25, 0.3) is 0 Å². The molecule has 4 rings (SSSR count). The van der Waals surface area contributed by atoms with E-state index >= 15 is 0 Å². The quantitative estimate of drug-likeness (QED) is 0.336. The van der Waals surface area contributed by atoms with Gasteiger partial charge in [-0.3, -0.25) is 0 Å². The van der Waals surface area contributed by atoms with Gasteiger partial charge in [0.1, 0.15) is 0 Å². The van der Waals surface area contributed by atoms with Crippen LogP contribution in [0, 0.1) is 12.8 Å². The minimum atomic E-state index is -0.992. The molecule has 3 unspecified atom stereocenters. The van der Waals surface area contributed by atoms with Crippen LogP contribution in [0.15, 0.2) is 74.9 Å². The minimum Gasteiger partial charge on any atom is -1.00 e. The Morgan fingerprint density at radius 3 is 2.57 bits per heavy atom. The zero-order valence-electron chi connectivity index (χ0n) is 17.9. The molecule has 0 saturated carbocycles. The normalized spacial score (nSPS) is 18.0. The van der Waals surface area contributed by atoms with Crippen molar-refractivity contribution in [2.24, 2.45) is 5.92 Å². The molecule has 0 bridgehead atoms. The predicted octanol–water partition coefficient (Wildman–Crippen LogP) is 1.14. The first kappa shape index (κ1) is 25.1. The van der Waals surface area contributed by atoms with Gasteiger partial charge in [-0.05, 0) is 0 Å². The second-order valence-corrected chi connectivity index (χ2v) is 14.6. The van der Waals surface area contributed by atoms with Crippen molar-refractivity contribution in [3.05, 3.63) is 91.6 Å². The van der Waals surface area contributed by atoms with E-state index in [0.717, 1.165) is 18.2 Å². The predicted molar refractivity (Wildman–Crippen MR) is 121 cm³/mol. The molecule has 0 saturated heterocycles. The van der Waals surface area contributed by atoms with Gasteiger partial charge < -0.3 is 9.41 Å². The van der Waals surface area contributed by atoms with E-state index in [9.17, 15) is 0 Å². The zero-order chi connectivity index (χ0) is 19.5. The summed E-state index contributed by atoms with van der Waals surface area (Å²) in [5, 5.41) is 3.22. The van der Waals surface area contributed by atoms with Gasteiger partial charge in [0.15, 0.2) is 0 Å². The van der Waals surface area contributed by atoms with Crippen LogP contribution < -0.4 is 14.7 Å². The third-order valence-corrected chi connectivity index (χ3v) is 14.8. The van der Waals surface area contributed by atoms with Crippen LogP contribution >= 0.6 is 8.58 Å². The van der Waals surface area contributed by atoms with Gasteiger partial charge in [-0.1, -0.05) is 0 Å². The third-order valence-electron chi connectivity index (χ3n) is 5.89. The van der Waals surface area contributed by atoms with E-state index in [1.54, 1.807) is 16.5 Å². The molecule has 156 valence electrons. The summed E-state index contributed by atoms with van der Waals surface area (Å²) >= 11 is -0.992. The Morgan fingerprint density at radius 2 is 1.80 bits per heavy atom. The Bertz CT molecular complexity index is 961. The summed E-state index contributed by atoms with van der Waals surface area (Å²) in [5.74, 6) is 0.731. The molecule has 30 heavy (non-hydrogen) atoms. The Balaban J connectivity index is 0.00000160. The summed E-state index contributed by atoms with van der Waals surface area (Å²) < 4.78 is 2.59. The fourth-order valence-electron chi connectivity index (χ4n) is 4.34. The second-order valence-electron chi connectivity index (χ2n) is 7.98. The molecule has 0 aromatic heterocycles. The molecule has 2 aliphatic carbocycles. The topological polar surface area (TPSA) is 0 Å². The van der Waals surface area contributed by atoms with Gasteiger partial charge in [0.2, 0.25) is 0 Å². The van der Waals surface area contributed by atoms with Crippen LogP contribution in [0.25, 0.3) is 6.08 Å². The van der Waals surface area contributed by atoms with E-state index in [1.165, 1.54) is 35.7 Å². The molecule has 2 aliphatic rings. The molecule has 0 spiro atoms. The fraction of sp³-hybridized carbons (Fsp3) is 0.308. The van der Waals surface area contributed by atoms with Crippen LogP contribution in [0.5, 0.6) is 0 Å². The summed E-state index contributed by atoms with van der Waals surface area (Å²) in [6.45, 7) is 7.01. The van der Waals surface area contributed by atoms with E-state index in [-0.39, 0.29) is 9.41 Å². The van der Waals surface area contributed by atoms with E-state index in [1.807, 2.05) is 3.33 Å². The molecule has 3 atom stereocenters. The number of hydrogen-bond donors (Lipinski definition) is 0. The molecule has 0 aliphatic heterocycles. The van der Waals surface area contributed by atoms with E-state index < -0.39 is 22.9 Å². The van der Waals surface area contributed by atoms with E-state index in [0.29, 0.717) is 0 Å². The molecule has 0 radical (unpaired) electrons. The summed E-state index contributed by atoms with van der Waals surface area (Å²) in [6.07, 6.45) is 11.2. The summed E-state index contributed by atoms with van der Waals surface area (Å²) in [5.41, 5.74) is 6.23. The van der Waals surface area contributed by atoms with Crippen molar-refractivity contribution >= 4 is 20.0 Å². The van der Waals surface area contributed by atoms with Crippen molar-refractivity contribution in [3.63, 3.8) is 0 Å². The molecule has 2 aromatic rings. The van der Waals surface area contributed by atoms with Crippen LogP contribution in [-0.4, -0.2) is 0 Å². The first-order valence-electron chi connectivity index (χ1n) is 10.5. The number of aryl methyl sites for hydroxylation is 1. The van der Waals surface area contributed by atoms with E-state index in [2.05, 4.69) is 87.5 Å². The molecule has 4 heteroatoms. The van der Waals surface area contributed by atoms with Crippen molar-refractivity contribution in [2.75, 3.05) is 0 Å². The zero-order valence-corrected chi connectivity index (χ0v) is 22.5. The molecular weight excluding hydrogens is 560 g/mol. The SMILES string of the molecule is CCCC(C)C1=[C]([Hf+2][CH]2C(Pc3ccccc3C)=Cc3ccccc32)CC=C1.[F-].[F-]. The van der Waals surface area contributed by atoms with Crippen LogP contribution in [0.2, 0.25) is 0 Å². The summed E-state index contributed by atoms with van der Waals surface area (Å²) in [6, 6.07) is 18.1. The monoisotopic (exact) mass is 590 g/mol. The van der Waals surface area contributed by atoms with Gasteiger partial charge in [-0.25, -0.2) is 0 Å². The second kappa shape index (κ2) is 11.4. The van der Waals surface area contributed by atoms with Gasteiger partial charge in [-0.15, -0.1) is 0 Å². The number of allylic oxidation sites excluding steroid dienone is 5. The van der Waals surface area contributed by atoms with Crippen LogP contribution in [0.1, 0.15) is 53.5 Å². The average Bonchev–Trinajstić information content (AvgIpc) is 3.29. The maximum Gasteiger partial charge on any atom is -1.00 e. The van der Waals surface area contributed by atoms with Crippen molar-refractivity contribution in [1.82, 2.24) is 0 Å². The number of hydrogen-bond acceptors (Lipinski definition) is 0. The largest absolute Gasteiger partial charge is 1.00 e. The van der Waals surface area contributed by atoms with Gasteiger partial charge >= 0.3 is 184 Å². The van der Waals surface area contributed by atoms with Crippen molar-refractivity contribution in [1.29, 1.82) is 0 Å². The fourth-order valence-corrected chi connectivity index (χ4v) is 13.3. The van der Waals surface area contributed by atoms with Crippen molar-refractivity contribution in [3.8, 4) is 0 Å². The molecule has 0 N–H and O–H groups in total. The number of benzene rings is 2. The number of halogens is 2. The summed E-state index contributed by atoms with van der Waals surface area (Å²) in [7, 11) is 0.810. The minimum absolute atomic E-state index is 0. The Hall–Kier alpha value is -1.18. The first-order valence-corrected chi connectivity index (χ1v) is 15.3. The molecule has 0 fully saturated rings. The number of fused-ring (bicyclic) bond motifs is 1. The van der Waals surface area contributed by atoms with Crippen molar-refractivity contribution < 1.29 is 32.3 Å². The maximum atomic E-state index is 2.52. The van der Waals surface area contributed by atoms with Crippen molar-refractivity contribution in [2.45, 2.75) is 43.7 Å². The maximum absolute atomic E-state index is 2.52. The van der Waals surface area contributed by atoms with Gasteiger partial charge in [-0.2, -0.15) is 0 Å². The Labute approximate surface area is 192 Å². The molecule has 2 aromatic carbocycles. The molecule has 0 nitrogen and oxygen atoms in total. The van der Waals surface area contributed by atoms with Gasteiger partial charge in [0.05, 0.1) is 0 Å². The number of rotatable bonds is 7. The third kappa shape index (κ3) is 5.35. The molecule has 0 heterocycles. The standard InChI is InChI=1S/C16H14P.C10H15.2FH.Hf/c1-12-6-2-5-9-16(12)17-15-10-13-7-3-4-8-14(13)11-15;1-3-6-9(2)10-7-4-5-8-10;;;/h2-11,17H,1H3;4,7,9H,3,5-6H2,1-2H3;2*1H;/q;;;;+2/p-2. The smallest absolute Gasteiger partial charge is 1.00 e.